The van der Waals surface area contributed by atoms with Gasteiger partial charge in [0.05, 0.1) is 12.5 Å². The number of anilines is 1. The Morgan fingerprint density at radius 2 is 1.70 bits per heavy atom. The van der Waals surface area contributed by atoms with Crippen molar-refractivity contribution in [3.05, 3.63) is 66.2 Å². The van der Waals surface area contributed by atoms with Crippen molar-refractivity contribution in [2.24, 2.45) is 4.99 Å². The van der Waals surface area contributed by atoms with Crippen LogP contribution in [0.4, 0.5) is 11.4 Å². The highest BCUT2D eigenvalue weighted by molar-refractivity contribution is 6.03. The number of ether oxygens (including phenoxy) is 2. The van der Waals surface area contributed by atoms with Crippen LogP contribution in [0.2, 0.25) is 0 Å². The van der Waals surface area contributed by atoms with Crippen molar-refractivity contribution in [2.75, 3.05) is 19.1 Å². The number of nitrogens with zero attached hydrogens (tertiary/aromatic N) is 2. The normalized spacial score (nSPS) is 22.2. The van der Waals surface area contributed by atoms with Crippen LogP contribution in [0.3, 0.4) is 0 Å². The number of fused-ring (bicyclic) bond motifs is 4. The molecule has 4 heteroatoms. The molecule has 1 spiro atoms. The Morgan fingerprint density at radius 1 is 0.963 bits per heavy atom. The summed E-state index contributed by atoms with van der Waals surface area (Å²) in [5, 5.41) is 2.20. The van der Waals surface area contributed by atoms with E-state index in [2.05, 4.69) is 61.2 Å². The van der Waals surface area contributed by atoms with Crippen molar-refractivity contribution in [1.29, 1.82) is 0 Å². The molecule has 2 aliphatic heterocycles. The van der Waals surface area contributed by atoms with Gasteiger partial charge in [0.1, 0.15) is 11.4 Å². The molecule has 3 aromatic rings. The maximum atomic E-state index is 6.77. The zero-order valence-electron chi connectivity index (χ0n) is 16.0. The van der Waals surface area contributed by atoms with Gasteiger partial charge in [-0.1, -0.05) is 48.5 Å². The SMILES string of the molecule is COC1=Nc2c(ccc3ccccc23)O[C@@]12N(C)c1ccccc1C2(C)C. The molecule has 0 bridgehead atoms. The van der Waals surface area contributed by atoms with Crippen LogP contribution in [0.15, 0.2) is 65.7 Å². The predicted molar refractivity (Wildman–Crippen MR) is 109 cm³/mol. The first-order valence-corrected chi connectivity index (χ1v) is 9.18. The third kappa shape index (κ3) is 1.85. The van der Waals surface area contributed by atoms with Gasteiger partial charge in [-0.15, -0.1) is 0 Å². The van der Waals surface area contributed by atoms with Gasteiger partial charge in [0.25, 0.3) is 11.6 Å². The Morgan fingerprint density at radius 3 is 2.48 bits per heavy atom. The lowest BCUT2D eigenvalue weighted by Crippen LogP contribution is -2.65. The molecule has 0 aromatic heterocycles. The molecule has 0 N–H and O–H groups in total. The lowest BCUT2D eigenvalue weighted by atomic mass is 9.76. The summed E-state index contributed by atoms with van der Waals surface area (Å²) < 4.78 is 12.6. The first-order valence-electron chi connectivity index (χ1n) is 9.18. The highest BCUT2D eigenvalue weighted by atomic mass is 16.6. The Labute approximate surface area is 159 Å². The summed E-state index contributed by atoms with van der Waals surface area (Å²) in [4.78, 5) is 7.14. The molecule has 3 aromatic carbocycles. The molecule has 0 fully saturated rings. The zero-order valence-corrected chi connectivity index (χ0v) is 16.0. The van der Waals surface area contributed by atoms with E-state index in [1.807, 2.05) is 25.2 Å². The number of para-hydroxylation sites is 1. The lowest BCUT2D eigenvalue weighted by molar-refractivity contribution is 0.0541. The molecule has 4 nitrogen and oxygen atoms in total. The molecule has 1 atom stereocenters. The number of aliphatic imine (C=N–C) groups is 1. The average molecular weight is 358 g/mol. The largest absolute Gasteiger partial charge is 0.480 e. The second-order valence-electron chi connectivity index (χ2n) is 7.70. The second kappa shape index (κ2) is 5.26. The summed E-state index contributed by atoms with van der Waals surface area (Å²) in [5.41, 5.74) is 2.01. The van der Waals surface area contributed by atoms with Crippen molar-refractivity contribution >= 4 is 28.0 Å². The lowest BCUT2D eigenvalue weighted by Gasteiger charge is -2.46. The maximum Gasteiger partial charge on any atom is 0.268 e. The number of hydrogen-bond donors (Lipinski definition) is 0. The molecule has 2 aliphatic rings. The van der Waals surface area contributed by atoms with Crippen molar-refractivity contribution in [2.45, 2.75) is 25.0 Å². The van der Waals surface area contributed by atoms with Gasteiger partial charge in [0.15, 0.2) is 0 Å². The minimum absolute atomic E-state index is 0.351. The summed E-state index contributed by atoms with van der Waals surface area (Å²) >= 11 is 0. The smallest absolute Gasteiger partial charge is 0.268 e. The quantitative estimate of drug-likeness (QED) is 0.565. The van der Waals surface area contributed by atoms with Gasteiger partial charge in [-0.25, -0.2) is 4.99 Å². The van der Waals surface area contributed by atoms with Crippen LogP contribution in [0.1, 0.15) is 19.4 Å². The standard InChI is InChI=1S/C23H22N2O2/c1-22(2)17-11-7-8-12-18(17)25(3)23(22)21(26-4)24-20-16-10-6-5-9-15(16)13-14-19(20)27-23/h5-14H,1-4H3/t23-/m0/s1. The molecular weight excluding hydrogens is 336 g/mol. The first-order chi connectivity index (χ1) is 13.0. The fraction of sp³-hybridized carbons (Fsp3) is 0.261. The second-order valence-corrected chi connectivity index (χ2v) is 7.70. The zero-order chi connectivity index (χ0) is 18.8. The monoisotopic (exact) mass is 358 g/mol. The molecule has 0 saturated carbocycles. The van der Waals surface area contributed by atoms with Crippen LogP contribution in [0, 0.1) is 0 Å². The van der Waals surface area contributed by atoms with Crippen LogP contribution in [0.5, 0.6) is 5.75 Å². The van der Waals surface area contributed by atoms with Gasteiger partial charge in [-0.3, -0.25) is 0 Å². The van der Waals surface area contributed by atoms with E-state index in [-0.39, 0.29) is 5.41 Å². The van der Waals surface area contributed by atoms with Crippen molar-refractivity contribution in [1.82, 2.24) is 0 Å². The van der Waals surface area contributed by atoms with Gasteiger partial charge in [0, 0.05) is 18.1 Å². The minimum atomic E-state index is -0.832. The maximum absolute atomic E-state index is 6.77. The van der Waals surface area contributed by atoms with Gasteiger partial charge < -0.3 is 14.4 Å². The highest BCUT2D eigenvalue weighted by Crippen LogP contribution is 2.55. The molecule has 0 radical (unpaired) electrons. The van der Waals surface area contributed by atoms with Gasteiger partial charge in [0.2, 0.25) is 0 Å². The minimum Gasteiger partial charge on any atom is -0.480 e. The Bertz CT molecular complexity index is 1100. The van der Waals surface area contributed by atoms with E-state index in [0.717, 1.165) is 27.9 Å². The van der Waals surface area contributed by atoms with Gasteiger partial charge in [-0.05, 0) is 36.9 Å². The Balaban J connectivity index is 1.79. The molecule has 0 saturated heterocycles. The molecule has 0 unspecified atom stereocenters. The molecule has 136 valence electrons. The molecule has 0 aliphatic carbocycles. The predicted octanol–water partition coefficient (Wildman–Crippen LogP) is 5.03. The van der Waals surface area contributed by atoms with Crippen molar-refractivity contribution < 1.29 is 9.47 Å². The number of hydrogen-bond acceptors (Lipinski definition) is 4. The summed E-state index contributed by atoms with van der Waals surface area (Å²) in [6.07, 6.45) is 0. The van der Waals surface area contributed by atoms with Crippen molar-refractivity contribution in [3.63, 3.8) is 0 Å². The number of likely N-dealkylation sites (N-methyl/N-ethyl adjacent to an activating group) is 1. The number of benzene rings is 3. The summed E-state index contributed by atoms with van der Waals surface area (Å²) in [6, 6.07) is 20.7. The van der Waals surface area contributed by atoms with Crippen LogP contribution in [-0.2, 0) is 10.2 Å². The van der Waals surface area contributed by atoms with Crippen LogP contribution >= 0.6 is 0 Å². The topological polar surface area (TPSA) is 34.1 Å². The Hall–Kier alpha value is -3.01. The summed E-state index contributed by atoms with van der Waals surface area (Å²) in [6.45, 7) is 4.38. The third-order valence-electron chi connectivity index (χ3n) is 6.08. The Kier molecular flexibility index (Phi) is 3.15. The fourth-order valence-electron chi connectivity index (χ4n) is 4.67. The molecular formula is C23H22N2O2. The fourth-order valence-corrected chi connectivity index (χ4v) is 4.67. The van der Waals surface area contributed by atoms with Crippen LogP contribution in [-0.4, -0.2) is 25.8 Å². The van der Waals surface area contributed by atoms with Gasteiger partial charge >= 0.3 is 0 Å². The average Bonchev–Trinajstić information content (AvgIpc) is 2.86. The van der Waals surface area contributed by atoms with E-state index in [9.17, 15) is 0 Å². The van der Waals surface area contributed by atoms with Crippen LogP contribution < -0.4 is 9.64 Å². The van der Waals surface area contributed by atoms with E-state index >= 15 is 0 Å². The van der Waals surface area contributed by atoms with E-state index in [4.69, 9.17) is 14.5 Å². The number of rotatable bonds is 0. The van der Waals surface area contributed by atoms with Crippen LogP contribution in [0.25, 0.3) is 10.8 Å². The van der Waals surface area contributed by atoms with E-state index in [1.54, 1.807) is 7.11 Å². The van der Waals surface area contributed by atoms with Gasteiger partial charge in [-0.2, -0.15) is 0 Å². The van der Waals surface area contributed by atoms with E-state index in [0.29, 0.717) is 5.90 Å². The van der Waals surface area contributed by atoms with E-state index < -0.39 is 5.72 Å². The van der Waals surface area contributed by atoms with E-state index in [1.165, 1.54) is 5.56 Å². The van der Waals surface area contributed by atoms with Crippen molar-refractivity contribution in [3.8, 4) is 5.75 Å². The molecule has 27 heavy (non-hydrogen) atoms. The number of methoxy groups -OCH3 is 1. The molecule has 0 amide bonds. The molecule has 5 rings (SSSR count). The molecule has 2 heterocycles. The summed E-state index contributed by atoms with van der Waals surface area (Å²) in [7, 11) is 3.72. The summed E-state index contributed by atoms with van der Waals surface area (Å²) in [5.74, 6) is 1.36. The highest BCUT2D eigenvalue weighted by Gasteiger charge is 2.64. The third-order valence-corrected chi connectivity index (χ3v) is 6.08. The first kappa shape index (κ1) is 16.2.